The summed E-state index contributed by atoms with van der Waals surface area (Å²) in [6, 6.07) is 0. The molecule has 0 spiro atoms. The second-order valence-corrected chi connectivity index (χ2v) is 0.670. The molecular formula is C2H6N2O. The zero-order chi connectivity index (χ0) is 4.28. The first-order valence-electron chi connectivity index (χ1n) is 1.25. The molecule has 0 atom stereocenters. The Balaban J connectivity index is 2.85. The molecule has 0 rings (SSSR count). The van der Waals surface area contributed by atoms with Crippen molar-refractivity contribution in [3.8, 4) is 0 Å². The minimum absolute atomic E-state index is 0.0556. The maximum absolute atomic E-state index is 9.47. The summed E-state index contributed by atoms with van der Waals surface area (Å²) in [6.45, 7) is -0.0556. The van der Waals surface area contributed by atoms with E-state index >= 15 is 0 Å². The van der Waals surface area contributed by atoms with E-state index in [1.807, 2.05) is 0 Å². The lowest BCUT2D eigenvalue weighted by Crippen LogP contribution is -2.21. The van der Waals surface area contributed by atoms with Gasteiger partial charge in [-0.2, -0.15) is 0 Å². The van der Waals surface area contributed by atoms with E-state index < -0.39 is 5.91 Å². The van der Waals surface area contributed by atoms with Gasteiger partial charge in [-0.05, 0) is 0 Å². The third-order valence-electron chi connectivity index (χ3n) is 0.201. The monoisotopic (exact) mass is 78.0 g/mol. The van der Waals surface area contributed by atoms with Crippen LogP contribution in [0.25, 0.3) is 0 Å². The Bertz CT molecular complexity index is 42.9. The van der Waals surface area contributed by atoms with Crippen LogP contribution in [-0.2, 0) is 4.79 Å². The molecule has 0 aliphatic heterocycles. The van der Waals surface area contributed by atoms with E-state index in [1.165, 1.54) is 0 Å². The van der Waals surface area contributed by atoms with Gasteiger partial charge >= 0.3 is 0 Å². The van der Waals surface area contributed by atoms with Crippen LogP contribution < -0.4 is 11.5 Å². The SMILES string of the molecule is [15NH2][13CH2][13C]([15NH2])=O. The Morgan fingerprint density at radius 2 is 2.00 bits per heavy atom. The van der Waals surface area contributed by atoms with Gasteiger partial charge in [0.05, 0.1) is 6.54 Å². The Kier molecular flexibility index (Phi) is 1.53. The molecule has 0 bridgehead atoms. The zero-order valence-electron chi connectivity index (χ0n) is 2.77. The molecule has 1 amide bonds. The number of carbonyl (C=O) groups excluding carboxylic acids is 1. The average molecular weight is 78.1 g/mol. The van der Waals surface area contributed by atoms with Crippen molar-refractivity contribution < 1.29 is 4.79 Å². The fraction of sp³-hybridized carbons (Fsp3) is 0.500. The molecule has 0 aromatic heterocycles. The highest BCUT2D eigenvalue weighted by atomic mass is 16.2. The third kappa shape index (κ3) is 3.43. The summed E-state index contributed by atoms with van der Waals surface area (Å²) in [5, 5.41) is 0. The Morgan fingerprint density at radius 1 is 1.80 bits per heavy atom. The molecule has 0 fully saturated rings. The molecule has 4 N–H and O–H groups in total. The summed E-state index contributed by atoms with van der Waals surface area (Å²) >= 11 is 0. The van der Waals surface area contributed by atoms with Crippen LogP contribution in [0.4, 0.5) is 0 Å². The predicted octanol–water partition coefficient (Wildman–Crippen LogP) is -1.57. The summed E-state index contributed by atoms with van der Waals surface area (Å²) in [5.74, 6) is -0.468. The molecule has 30 valence electrons. The van der Waals surface area contributed by atoms with Gasteiger partial charge in [0.1, 0.15) is 0 Å². The van der Waals surface area contributed by atoms with Crippen molar-refractivity contribution in [1.82, 2.24) is 0 Å². The Hall–Kier alpha value is -0.570. The first-order valence-corrected chi connectivity index (χ1v) is 1.25. The number of primary amides is 1. The van der Waals surface area contributed by atoms with Gasteiger partial charge < -0.3 is 11.5 Å². The number of hydrogen-bond acceptors (Lipinski definition) is 2. The van der Waals surface area contributed by atoms with Crippen molar-refractivity contribution in [1.29, 1.82) is 0 Å². The lowest BCUT2D eigenvalue weighted by atomic mass is 11.6. The van der Waals surface area contributed by atoms with Crippen molar-refractivity contribution in [2.45, 2.75) is 0 Å². The van der Waals surface area contributed by atoms with Gasteiger partial charge in [0.25, 0.3) is 0 Å². The van der Waals surface area contributed by atoms with Crippen LogP contribution in [-0.4, -0.2) is 12.5 Å². The number of carbonyl (C=O) groups is 1. The van der Waals surface area contributed by atoms with Crippen molar-refractivity contribution in [2.24, 2.45) is 11.5 Å². The molecule has 0 aliphatic carbocycles. The van der Waals surface area contributed by atoms with E-state index in [1.54, 1.807) is 0 Å². The van der Waals surface area contributed by atoms with Crippen LogP contribution in [0.5, 0.6) is 0 Å². The highest BCUT2D eigenvalue weighted by molar-refractivity contribution is 5.75. The van der Waals surface area contributed by atoms with E-state index in [9.17, 15) is 4.79 Å². The number of hydrogen-bond donors (Lipinski definition) is 2. The molecule has 0 aromatic rings. The molecule has 0 aliphatic rings. The maximum atomic E-state index is 9.47. The lowest BCUT2D eigenvalue weighted by Gasteiger charge is -1.74. The van der Waals surface area contributed by atoms with Gasteiger partial charge in [-0.3, -0.25) is 4.79 Å². The van der Waals surface area contributed by atoms with Crippen LogP contribution in [0.3, 0.4) is 0 Å². The number of rotatable bonds is 1. The zero-order valence-corrected chi connectivity index (χ0v) is 2.77. The summed E-state index contributed by atoms with van der Waals surface area (Å²) < 4.78 is 0. The molecule has 3 heteroatoms. The number of nitrogens with two attached hydrogens (primary N) is 2. The molecule has 0 aromatic carbocycles. The molecule has 5 heavy (non-hydrogen) atoms. The smallest absolute Gasteiger partial charge is 0.231 e. The molecule has 0 unspecified atom stereocenters. The van der Waals surface area contributed by atoms with Crippen molar-refractivity contribution in [3.05, 3.63) is 0 Å². The van der Waals surface area contributed by atoms with Gasteiger partial charge in [0.2, 0.25) is 5.91 Å². The standard InChI is InChI=1S/C2H6N2O/c3-1-2(4)5/h1,3H2,(H2,4,5)/i1+1,2+1,3+1,4+1. The normalized spacial score (nSPS) is 7.40. The highest BCUT2D eigenvalue weighted by Gasteiger charge is 1.77. The minimum Gasteiger partial charge on any atom is -0.369 e. The second kappa shape index (κ2) is 1.72. The first kappa shape index (κ1) is 4.43. The topological polar surface area (TPSA) is 69.1 Å². The summed E-state index contributed by atoms with van der Waals surface area (Å²) in [4.78, 5) is 9.47. The largest absolute Gasteiger partial charge is 0.369 e. The van der Waals surface area contributed by atoms with E-state index in [0.717, 1.165) is 0 Å². The van der Waals surface area contributed by atoms with Crippen LogP contribution >= 0.6 is 0 Å². The second-order valence-electron chi connectivity index (χ2n) is 0.670. The summed E-state index contributed by atoms with van der Waals surface area (Å²) in [6.07, 6.45) is 0. The predicted molar refractivity (Wildman–Crippen MR) is 18.2 cm³/mol. The van der Waals surface area contributed by atoms with Crippen LogP contribution in [0.15, 0.2) is 0 Å². The van der Waals surface area contributed by atoms with Crippen LogP contribution in [0.1, 0.15) is 0 Å². The highest BCUT2D eigenvalue weighted by Crippen LogP contribution is 1.36. The molecule has 0 heterocycles. The minimum atomic E-state index is -0.468. The van der Waals surface area contributed by atoms with Gasteiger partial charge in [0.15, 0.2) is 0 Å². The molecule has 0 saturated heterocycles. The lowest BCUT2D eigenvalue weighted by molar-refractivity contribution is -0.116. The van der Waals surface area contributed by atoms with Gasteiger partial charge in [0, 0.05) is 0 Å². The fourth-order valence-electron chi connectivity index (χ4n) is 0. The molecule has 0 saturated carbocycles. The Labute approximate surface area is 29.9 Å². The summed E-state index contributed by atoms with van der Waals surface area (Å²) in [7, 11) is 0. The molecular weight excluding hydrogens is 72.0 g/mol. The van der Waals surface area contributed by atoms with Gasteiger partial charge in [-0.15, -0.1) is 0 Å². The van der Waals surface area contributed by atoms with Crippen LogP contribution in [0, 0.1) is 0 Å². The van der Waals surface area contributed by atoms with Crippen molar-refractivity contribution in [2.75, 3.05) is 6.54 Å². The first-order chi connectivity index (χ1) is 2.27. The van der Waals surface area contributed by atoms with E-state index in [0.29, 0.717) is 0 Å². The maximum Gasteiger partial charge on any atom is 0.231 e. The van der Waals surface area contributed by atoms with Crippen LogP contribution in [0.2, 0.25) is 0 Å². The molecule has 3 nitrogen and oxygen atoms in total. The van der Waals surface area contributed by atoms with E-state index in [-0.39, 0.29) is 6.54 Å². The fourth-order valence-corrected chi connectivity index (χ4v) is 0. The third-order valence-corrected chi connectivity index (χ3v) is 0.201. The van der Waals surface area contributed by atoms with Crippen molar-refractivity contribution >= 4 is 5.91 Å². The van der Waals surface area contributed by atoms with Gasteiger partial charge in [-0.25, -0.2) is 0 Å². The number of amides is 1. The van der Waals surface area contributed by atoms with Gasteiger partial charge in [-0.1, -0.05) is 0 Å². The average Bonchev–Trinajstić information content (AvgIpc) is 1.38. The van der Waals surface area contributed by atoms with E-state index in [2.05, 4.69) is 5.73 Å². The Morgan fingerprint density at radius 3 is 2.00 bits per heavy atom. The molecule has 0 radical (unpaired) electrons. The quantitative estimate of drug-likeness (QED) is 0.294. The van der Waals surface area contributed by atoms with E-state index in [4.69, 9.17) is 5.73 Å². The van der Waals surface area contributed by atoms with Crippen molar-refractivity contribution in [3.63, 3.8) is 0 Å². The summed E-state index contributed by atoms with van der Waals surface area (Å²) in [5.41, 5.74) is 9.22.